The van der Waals surface area contributed by atoms with E-state index in [1.165, 1.54) is 21.9 Å². The fourth-order valence-electron chi connectivity index (χ4n) is 2.02. The van der Waals surface area contributed by atoms with E-state index in [1.54, 1.807) is 0 Å². The summed E-state index contributed by atoms with van der Waals surface area (Å²) in [6.45, 7) is 4.32. The Kier molecular flexibility index (Phi) is 2.53. The van der Waals surface area contributed by atoms with Crippen LogP contribution in [0.15, 0.2) is 36.4 Å². The lowest BCUT2D eigenvalue weighted by Crippen LogP contribution is -1.90. The van der Waals surface area contributed by atoms with E-state index in [0.29, 0.717) is 0 Å². The molecule has 0 nitrogen and oxygen atoms in total. The van der Waals surface area contributed by atoms with Crippen LogP contribution in [0.2, 0.25) is 0 Å². The average Bonchev–Trinajstić information content (AvgIpc) is 2.27. The maximum absolute atomic E-state index is 2.22. The van der Waals surface area contributed by atoms with Crippen LogP contribution in [0.25, 0.3) is 10.8 Å². The Labute approximate surface area is 85.6 Å². The summed E-state index contributed by atoms with van der Waals surface area (Å²) >= 11 is 0. The standard InChI is InChI=1S/C14H15/c1-3-11-9-10-12-7-5-6-8-14(12)13(11)4-2/h3,5-10H,4H2,1-2H3. The first kappa shape index (κ1) is 9.26. The highest BCUT2D eigenvalue weighted by Gasteiger charge is 2.03. The summed E-state index contributed by atoms with van der Waals surface area (Å²) in [7, 11) is 0. The van der Waals surface area contributed by atoms with Crippen LogP contribution in [-0.4, -0.2) is 0 Å². The first-order valence-electron chi connectivity index (χ1n) is 5.16. The lowest BCUT2D eigenvalue weighted by atomic mass is 9.96. The zero-order chi connectivity index (χ0) is 9.97. The van der Waals surface area contributed by atoms with Crippen LogP contribution in [0.3, 0.4) is 0 Å². The van der Waals surface area contributed by atoms with Crippen molar-refractivity contribution in [2.24, 2.45) is 0 Å². The fourth-order valence-corrected chi connectivity index (χ4v) is 2.02. The summed E-state index contributed by atoms with van der Waals surface area (Å²) in [6, 6.07) is 13.0. The van der Waals surface area contributed by atoms with E-state index in [9.17, 15) is 0 Å². The topological polar surface area (TPSA) is 0 Å². The normalized spacial score (nSPS) is 10.7. The van der Waals surface area contributed by atoms with E-state index in [0.717, 1.165) is 6.42 Å². The first-order valence-corrected chi connectivity index (χ1v) is 5.16. The molecule has 0 heteroatoms. The number of hydrogen-bond acceptors (Lipinski definition) is 0. The third kappa shape index (κ3) is 1.41. The van der Waals surface area contributed by atoms with Gasteiger partial charge in [0.25, 0.3) is 0 Å². The molecule has 0 N–H and O–H groups in total. The molecular weight excluding hydrogens is 168 g/mol. The second-order valence-electron chi connectivity index (χ2n) is 3.50. The molecule has 1 radical (unpaired) electrons. The summed E-state index contributed by atoms with van der Waals surface area (Å²) in [5, 5.41) is 2.74. The lowest BCUT2D eigenvalue weighted by molar-refractivity contribution is 1.13. The highest BCUT2D eigenvalue weighted by atomic mass is 14.1. The van der Waals surface area contributed by atoms with Crippen LogP contribution in [0.1, 0.15) is 25.0 Å². The van der Waals surface area contributed by atoms with Gasteiger partial charge in [0.15, 0.2) is 0 Å². The van der Waals surface area contributed by atoms with Crippen LogP contribution in [0, 0.1) is 6.42 Å². The Balaban J connectivity index is 2.77. The van der Waals surface area contributed by atoms with Crippen molar-refractivity contribution in [3.8, 4) is 0 Å². The highest BCUT2D eigenvalue weighted by Crippen LogP contribution is 2.23. The van der Waals surface area contributed by atoms with Crippen molar-refractivity contribution >= 4 is 10.8 Å². The molecule has 0 spiro atoms. The molecule has 71 valence electrons. The molecule has 2 aromatic carbocycles. The number of aryl methyl sites for hydroxylation is 1. The zero-order valence-electron chi connectivity index (χ0n) is 8.75. The van der Waals surface area contributed by atoms with E-state index < -0.39 is 0 Å². The molecular formula is C14H15. The van der Waals surface area contributed by atoms with Gasteiger partial charge < -0.3 is 0 Å². The largest absolute Gasteiger partial charge is 0.0616 e. The molecule has 0 aliphatic carbocycles. The van der Waals surface area contributed by atoms with E-state index in [4.69, 9.17) is 0 Å². The fraction of sp³-hybridized carbons (Fsp3) is 0.214. The van der Waals surface area contributed by atoms with Crippen molar-refractivity contribution < 1.29 is 0 Å². The Morgan fingerprint density at radius 3 is 2.57 bits per heavy atom. The molecule has 2 aromatic rings. The Hall–Kier alpha value is -1.30. The summed E-state index contributed by atoms with van der Waals surface area (Å²) in [6.07, 6.45) is 3.28. The number of rotatable bonds is 2. The molecule has 0 bridgehead atoms. The maximum Gasteiger partial charge on any atom is -0.0121 e. The first-order chi connectivity index (χ1) is 6.86. The summed E-state index contributed by atoms with van der Waals surface area (Å²) in [4.78, 5) is 0. The van der Waals surface area contributed by atoms with Gasteiger partial charge in [0.1, 0.15) is 0 Å². The van der Waals surface area contributed by atoms with E-state index in [2.05, 4.69) is 56.7 Å². The number of benzene rings is 2. The summed E-state index contributed by atoms with van der Waals surface area (Å²) in [5.41, 5.74) is 2.83. The predicted octanol–water partition coefficient (Wildman–Crippen LogP) is 3.97. The monoisotopic (exact) mass is 183 g/mol. The van der Waals surface area contributed by atoms with Gasteiger partial charge in [-0.1, -0.05) is 50.2 Å². The molecule has 0 unspecified atom stereocenters. The van der Waals surface area contributed by atoms with E-state index >= 15 is 0 Å². The molecule has 0 aromatic heterocycles. The molecule has 0 heterocycles. The van der Waals surface area contributed by atoms with Crippen LogP contribution in [0.5, 0.6) is 0 Å². The third-order valence-corrected chi connectivity index (χ3v) is 2.74. The minimum absolute atomic E-state index is 1.10. The van der Waals surface area contributed by atoms with Crippen molar-refractivity contribution in [1.82, 2.24) is 0 Å². The van der Waals surface area contributed by atoms with Gasteiger partial charge in [0.05, 0.1) is 0 Å². The molecule has 0 saturated heterocycles. The second kappa shape index (κ2) is 3.83. The number of fused-ring (bicyclic) bond motifs is 1. The molecule has 0 amide bonds. The van der Waals surface area contributed by atoms with Crippen LogP contribution < -0.4 is 0 Å². The molecule has 0 saturated carbocycles. The smallest absolute Gasteiger partial charge is 0.0121 e. The van der Waals surface area contributed by atoms with Crippen molar-refractivity contribution in [2.75, 3.05) is 0 Å². The molecule has 2 rings (SSSR count). The molecule has 14 heavy (non-hydrogen) atoms. The van der Waals surface area contributed by atoms with Gasteiger partial charge in [0.2, 0.25) is 0 Å². The van der Waals surface area contributed by atoms with Crippen molar-refractivity contribution in [3.05, 3.63) is 53.9 Å². The number of hydrogen-bond donors (Lipinski definition) is 0. The van der Waals surface area contributed by atoms with Gasteiger partial charge in [-0.2, -0.15) is 0 Å². The second-order valence-corrected chi connectivity index (χ2v) is 3.50. The van der Waals surface area contributed by atoms with Crippen LogP contribution in [0.4, 0.5) is 0 Å². The summed E-state index contributed by atoms with van der Waals surface area (Å²) in [5.74, 6) is 0. The van der Waals surface area contributed by atoms with Gasteiger partial charge in [-0.05, 0) is 34.7 Å². The van der Waals surface area contributed by atoms with Gasteiger partial charge in [-0.15, -0.1) is 0 Å². The minimum Gasteiger partial charge on any atom is -0.0616 e. The Morgan fingerprint density at radius 1 is 1.07 bits per heavy atom. The van der Waals surface area contributed by atoms with Crippen LogP contribution in [-0.2, 0) is 6.42 Å². The Morgan fingerprint density at radius 2 is 1.86 bits per heavy atom. The van der Waals surface area contributed by atoms with Gasteiger partial charge in [0, 0.05) is 0 Å². The minimum atomic E-state index is 1.10. The van der Waals surface area contributed by atoms with E-state index in [-0.39, 0.29) is 0 Å². The quantitative estimate of drug-likeness (QED) is 0.660. The van der Waals surface area contributed by atoms with Gasteiger partial charge in [-0.25, -0.2) is 0 Å². The van der Waals surface area contributed by atoms with Gasteiger partial charge >= 0.3 is 0 Å². The highest BCUT2D eigenvalue weighted by molar-refractivity contribution is 5.87. The van der Waals surface area contributed by atoms with Crippen LogP contribution >= 0.6 is 0 Å². The van der Waals surface area contributed by atoms with E-state index in [1.807, 2.05) is 0 Å². The SMILES string of the molecule is C[CH]c1ccc2ccccc2c1CC. The molecule has 0 aliphatic rings. The van der Waals surface area contributed by atoms with Gasteiger partial charge in [-0.3, -0.25) is 0 Å². The average molecular weight is 183 g/mol. The third-order valence-electron chi connectivity index (χ3n) is 2.74. The maximum atomic E-state index is 2.22. The van der Waals surface area contributed by atoms with Crippen molar-refractivity contribution in [2.45, 2.75) is 20.3 Å². The Bertz CT molecular complexity index is 441. The molecule has 0 aliphatic heterocycles. The zero-order valence-corrected chi connectivity index (χ0v) is 8.75. The molecule has 0 fully saturated rings. The predicted molar refractivity (Wildman–Crippen MR) is 62.4 cm³/mol. The summed E-state index contributed by atoms with van der Waals surface area (Å²) < 4.78 is 0. The lowest BCUT2D eigenvalue weighted by Gasteiger charge is -2.09. The van der Waals surface area contributed by atoms with Crippen molar-refractivity contribution in [3.63, 3.8) is 0 Å². The molecule has 0 atom stereocenters. The van der Waals surface area contributed by atoms with Crippen molar-refractivity contribution in [1.29, 1.82) is 0 Å².